The van der Waals surface area contributed by atoms with Crippen LogP contribution in [0.1, 0.15) is 32.2 Å². The van der Waals surface area contributed by atoms with E-state index in [1.54, 1.807) is 6.20 Å². The monoisotopic (exact) mass is 237 g/mol. The molecule has 5 heteroatoms. The Morgan fingerprint density at radius 2 is 2.25 bits per heavy atom. The second-order valence-corrected chi connectivity index (χ2v) is 5.18. The van der Waals surface area contributed by atoms with E-state index in [1.165, 1.54) is 0 Å². The van der Waals surface area contributed by atoms with Gasteiger partial charge in [0, 0.05) is 23.4 Å². The number of imidazole rings is 1. The highest BCUT2D eigenvalue weighted by atomic mass is 32.1. The van der Waals surface area contributed by atoms with E-state index in [-0.39, 0.29) is 5.41 Å². The summed E-state index contributed by atoms with van der Waals surface area (Å²) in [6.07, 6.45) is 3.60. The maximum atomic E-state index is 5.26. The quantitative estimate of drug-likeness (QED) is 0.817. The van der Waals surface area contributed by atoms with E-state index in [1.807, 2.05) is 16.8 Å². The number of H-pyrrole nitrogens is 1. The molecule has 0 aliphatic heterocycles. The summed E-state index contributed by atoms with van der Waals surface area (Å²) in [5, 5.41) is 3.69. The number of hydrogen-bond donors (Lipinski definition) is 1. The molecule has 0 amide bonds. The zero-order valence-corrected chi connectivity index (χ0v) is 10.5. The van der Waals surface area contributed by atoms with Gasteiger partial charge in [0.2, 0.25) is 0 Å². The van der Waals surface area contributed by atoms with Crippen LogP contribution in [0, 0.1) is 4.77 Å². The van der Waals surface area contributed by atoms with Crippen molar-refractivity contribution in [2.45, 2.75) is 32.7 Å². The fraction of sp³-hybridized carbons (Fsp3) is 0.455. The van der Waals surface area contributed by atoms with E-state index < -0.39 is 0 Å². The van der Waals surface area contributed by atoms with Gasteiger partial charge in [-0.25, -0.2) is 0 Å². The summed E-state index contributed by atoms with van der Waals surface area (Å²) in [6, 6.07) is 1.85. The molecule has 2 aromatic heterocycles. The van der Waals surface area contributed by atoms with Gasteiger partial charge in [0.25, 0.3) is 0 Å². The molecule has 2 rings (SSSR count). The number of aromatic nitrogens is 3. The molecular weight excluding hydrogens is 222 g/mol. The van der Waals surface area contributed by atoms with Crippen molar-refractivity contribution in [3.8, 4) is 0 Å². The molecule has 86 valence electrons. The topological polar surface area (TPSA) is 46.8 Å². The SMILES string of the molecule is CC(C)(C)c1c[nH]c(=S)n1Cc1ccno1. The predicted molar refractivity (Wildman–Crippen MR) is 63.9 cm³/mol. The maximum Gasteiger partial charge on any atom is 0.177 e. The van der Waals surface area contributed by atoms with Gasteiger partial charge in [-0.15, -0.1) is 0 Å². The molecular formula is C11H15N3OS. The zero-order chi connectivity index (χ0) is 11.8. The van der Waals surface area contributed by atoms with Crippen LogP contribution in [0.25, 0.3) is 0 Å². The van der Waals surface area contributed by atoms with E-state index in [9.17, 15) is 0 Å². The second kappa shape index (κ2) is 3.90. The van der Waals surface area contributed by atoms with Crippen LogP contribution >= 0.6 is 12.2 Å². The Morgan fingerprint density at radius 1 is 1.50 bits per heavy atom. The minimum absolute atomic E-state index is 0.0492. The number of nitrogens with one attached hydrogen (secondary N) is 1. The van der Waals surface area contributed by atoms with Crippen molar-refractivity contribution >= 4 is 12.2 Å². The van der Waals surface area contributed by atoms with Crippen molar-refractivity contribution < 1.29 is 4.52 Å². The molecule has 0 spiro atoms. The van der Waals surface area contributed by atoms with Crippen molar-refractivity contribution in [1.82, 2.24) is 14.7 Å². The third kappa shape index (κ3) is 2.09. The average Bonchev–Trinajstić information content (AvgIpc) is 2.76. The Kier molecular flexibility index (Phi) is 2.71. The molecule has 16 heavy (non-hydrogen) atoms. The highest BCUT2D eigenvalue weighted by Crippen LogP contribution is 2.22. The lowest BCUT2D eigenvalue weighted by atomic mass is 9.92. The van der Waals surface area contributed by atoms with Crippen LogP contribution in [0.5, 0.6) is 0 Å². The molecule has 2 aromatic rings. The summed E-state index contributed by atoms with van der Waals surface area (Å²) in [5.41, 5.74) is 1.21. The first-order chi connectivity index (χ1) is 7.48. The van der Waals surface area contributed by atoms with Gasteiger partial charge in [0.05, 0.1) is 12.7 Å². The van der Waals surface area contributed by atoms with E-state index in [4.69, 9.17) is 16.7 Å². The van der Waals surface area contributed by atoms with Crippen molar-refractivity contribution in [3.05, 3.63) is 34.7 Å². The Balaban J connectivity index is 2.40. The van der Waals surface area contributed by atoms with Crippen molar-refractivity contribution in [2.75, 3.05) is 0 Å². The number of aromatic amines is 1. The highest BCUT2D eigenvalue weighted by Gasteiger charge is 2.19. The Bertz CT molecular complexity index is 516. The molecule has 0 aromatic carbocycles. The lowest BCUT2D eigenvalue weighted by Gasteiger charge is -2.20. The van der Waals surface area contributed by atoms with E-state index >= 15 is 0 Å². The van der Waals surface area contributed by atoms with Gasteiger partial charge in [-0.2, -0.15) is 0 Å². The largest absolute Gasteiger partial charge is 0.359 e. The first kappa shape index (κ1) is 11.1. The standard InChI is InChI=1S/C11H15N3OS/c1-11(2,3)9-6-12-10(16)14(9)7-8-4-5-13-15-8/h4-6H,7H2,1-3H3,(H,12,16). The van der Waals surface area contributed by atoms with Gasteiger partial charge in [-0.3, -0.25) is 0 Å². The molecule has 0 unspecified atom stereocenters. The Labute approximate surface area is 99.3 Å². The first-order valence-electron chi connectivity index (χ1n) is 5.17. The lowest BCUT2D eigenvalue weighted by Crippen LogP contribution is -2.18. The first-order valence-corrected chi connectivity index (χ1v) is 5.57. The molecule has 0 saturated heterocycles. The number of hydrogen-bond acceptors (Lipinski definition) is 3. The fourth-order valence-electron chi connectivity index (χ4n) is 1.65. The fourth-order valence-corrected chi connectivity index (χ4v) is 1.88. The van der Waals surface area contributed by atoms with Crippen molar-refractivity contribution in [3.63, 3.8) is 0 Å². The van der Waals surface area contributed by atoms with Crippen molar-refractivity contribution in [2.24, 2.45) is 0 Å². The molecule has 0 bridgehead atoms. The molecule has 0 atom stereocenters. The number of rotatable bonds is 2. The van der Waals surface area contributed by atoms with E-state index in [0.717, 1.165) is 11.5 Å². The zero-order valence-electron chi connectivity index (χ0n) is 9.65. The van der Waals surface area contributed by atoms with E-state index in [2.05, 4.69) is 30.9 Å². The smallest absolute Gasteiger partial charge is 0.177 e. The van der Waals surface area contributed by atoms with Gasteiger partial charge in [-0.1, -0.05) is 25.9 Å². The van der Waals surface area contributed by atoms with Gasteiger partial charge in [0.1, 0.15) is 0 Å². The third-order valence-electron chi connectivity index (χ3n) is 2.44. The van der Waals surface area contributed by atoms with Crippen LogP contribution in [0.4, 0.5) is 0 Å². The van der Waals surface area contributed by atoms with Gasteiger partial charge < -0.3 is 14.1 Å². The maximum absolute atomic E-state index is 5.26. The predicted octanol–water partition coefficient (Wildman–Crippen LogP) is 2.88. The summed E-state index contributed by atoms with van der Waals surface area (Å²) < 4.78 is 7.85. The second-order valence-electron chi connectivity index (χ2n) is 4.79. The lowest BCUT2D eigenvalue weighted by molar-refractivity contribution is 0.371. The summed E-state index contributed by atoms with van der Waals surface area (Å²) in [6.45, 7) is 7.08. The molecule has 4 nitrogen and oxygen atoms in total. The van der Waals surface area contributed by atoms with Gasteiger partial charge in [-0.05, 0) is 12.2 Å². The third-order valence-corrected chi connectivity index (χ3v) is 2.78. The molecule has 1 N–H and O–H groups in total. The van der Waals surface area contributed by atoms with E-state index in [0.29, 0.717) is 11.3 Å². The summed E-state index contributed by atoms with van der Waals surface area (Å²) in [5.74, 6) is 0.807. The van der Waals surface area contributed by atoms with Crippen LogP contribution in [0.3, 0.4) is 0 Å². The van der Waals surface area contributed by atoms with Crippen LogP contribution in [-0.4, -0.2) is 14.7 Å². The Hall–Kier alpha value is -1.36. The van der Waals surface area contributed by atoms with Crippen LogP contribution in [0.2, 0.25) is 0 Å². The molecule has 0 saturated carbocycles. The highest BCUT2D eigenvalue weighted by molar-refractivity contribution is 7.71. The molecule has 0 aliphatic carbocycles. The van der Waals surface area contributed by atoms with Gasteiger partial charge >= 0.3 is 0 Å². The summed E-state index contributed by atoms with van der Waals surface area (Å²) >= 11 is 5.26. The van der Waals surface area contributed by atoms with Crippen LogP contribution in [-0.2, 0) is 12.0 Å². The molecule has 2 heterocycles. The van der Waals surface area contributed by atoms with Crippen LogP contribution < -0.4 is 0 Å². The van der Waals surface area contributed by atoms with Crippen molar-refractivity contribution in [1.29, 1.82) is 0 Å². The molecule has 0 radical (unpaired) electrons. The number of nitrogens with zero attached hydrogens (tertiary/aromatic N) is 2. The molecule has 0 aliphatic rings. The minimum atomic E-state index is 0.0492. The Morgan fingerprint density at radius 3 is 2.81 bits per heavy atom. The summed E-state index contributed by atoms with van der Waals surface area (Å²) in [4.78, 5) is 3.07. The van der Waals surface area contributed by atoms with Gasteiger partial charge in [0.15, 0.2) is 10.5 Å². The normalized spacial score (nSPS) is 11.9. The minimum Gasteiger partial charge on any atom is -0.359 e. The average molecular weight is 237 g/mol. The summed E-state index contributed by atoms with van der Waals surface area (Å²) in [7, 11) is 0. The molecule has 0 fully saturated rings. The van der Waals surface area contributed by atoms with Crippen LogP contribution in [0.15, 0.2) is 23.0 Å².